The Morgan fingerprint density at radius 3 is 2.94 bits per heavy atom. The van der Waals surface area contributed by atoms with Gasteiger partial charge in [0.25, 0.3) is 0 Å². The zero-order valence-electron chi connectivity index (χ0n) is 10.4. The molecule has 4 heteroatoms. The van der Waals surface area contributed by atoms with E-state index in [4.69, 9.17) is 4.52 Å². The Morgan fingerprint density at radius 1 is 1.50 bits per heavy atom. The predicted octanol–water partition coefficient (Wildman–Crippen LogP) is 1.48. The first-order valence-electron chi connectivity index (χ1n) is 6.08. The molecule has 0 aliphatic carbocycles. The van der Waals surface area contributed by atoms with Crippen molar-refractivity contribution in [3.63, 3.8) is 0 Å². The van der Waals surface area contributed by atoms with E-state index in [0.29, 0.717) is 6.04 Å². The van der Waals surface area contributed by atoms with E-state index in [9.17, 15) is 0 Å². The van der Waals surface area contributed by atoms with Gasteiger partial charge < -0.3 is 9.84 Å². The van der Waals surface area contributed by atoms with Crippen molar-refractivity contribution in [3.8, 4) is 0 Å². The molecule has 2 heterocycles. The average Bonchev–Trinajstić information content (AvgIpc) is 2.81. The summed E-state index contributed by atoms with van der Waals surface area (Å²) in [5.74, 6) is 0.962. The summed E-state index contributed by atoms with van der Waals surface area (Å²) in [5, 5.41) is 7.50. The summed E-state index contributed by atoms with van der Waals surface area (Å²) in [6.07, 6.45) is 1.25. The molecule has 0 amide bonds. The van der Waals surface area contributed by atoms with E-state index in [0.717, 1.165) is 31.1 Å². The third kappa shape index (κ3) is 2.44. The quantitative estimate of drug-likeness (QED) is 0.839. The lowest BCUT2D eigenvalue weighted by atomic mass is 10.2. The zero-order chi connectivity index (χ0) is 11.5. The lowest BCUT2D eigenvalue weighted by Gasteiger charge is -2.15. The number of hydrogen-bond donors (Lipinski definition) is 1. The van der Waals surface area contributed by atoms with Crippen LogP contribution in [0.5, 0.6) is 0 Å². The van der Waals surface area contributed by atoms with Crippen molar-refractivity contribution in [3.05, 3.63) is 17.0 Å². The van der Waals surface area contributed by atoms with E-state index < -0.39 is 0 Å². The maximum Gasteiger partial charge on any atom is 0.138 e. The van der Waals surface area contributed by atoms with Crippen LogP contribution in [0.15, 0.2) is 4.52 Å². The minimum absolute atomic E-state index is 0.658. The van der Waals surface area contributed by atoms with Crippen molar-refractivity contribution >= 4 is 0 Å². The monoisotopic (exact) mass is 223 g/mol. The summed E-state index contributed by atoms with van der Waals surface area (Å²) in [6.45, 7) is 10.5. The molecule has 0 spiro atoms. The van der Waals surface area contributed by atoms with Gasteiger partial charge in [-0.3, -0.25) is 4.90 Å². The van der Waals surface area contributed by atoms with Crippen LogP contribution in [-0.2, 0) is 6.54 Å². The Balaban J connectivity index is 1.92. The molecule has 1 N–H and O–H groups in total. The van der Waals surface area contributed by atoms with E-state index in [1.54, 1.807) is 0 Å². The number of nitrogens with zero attached hydrogens (tertiary/aromatic N) is 2. The van der Waals surface area contributed by atoms with Gasteiger partial charge in [-0.05, 0) is 26.8 Å². The number of rotatable bonds is 4. The van der Waals surface area contributed by atoms with Gasteiger partial charge in [-0.15, -0.1) is 0 Å². The standard InChI is InChI=1S/C12H21N3O/c1-4-13-11-5-6-15(7-11)8-12-9(2)14-16-10(12)3/h11,13H,4-8H2,1-3H3. The highest BCUT2D eigenvalue weighted by atomic mass is 16.5. The fourth-order valence-electron chi connectivity index (χ4n) is 2.38. The number of aromatic nitrogens is 1. The van der Waals surface area contributed by atoms with Gasteiger partial charge in [0.2, 0.25) is 0 Å². The molecular formula is C12H21N3O. The van der Waals surface area contributed by atoms with Gasteiger partial charge in [0.05, 0.1) is 5.69 Å². The van der Waals surface area contributed by atoms with E-state index in [1.165, 1.54) is 18.5 Å². The molecule has 1 atom stereocenters. The third-order valence-electron chi connectivity index (χ3n) is 3.33. The van der Waals surface area contributed by atoms with Crippen molar-refractivity contribution in [1.82, 2.24) is 15.4 Å². The SMILES string of the molecule is CCNC1CCN(Cc2c(C)noc2C)C1. The largest absolute Gasteiger partial charge is 0.361 e. The van der Waals surface area contributed by atoms with Crippen LogP contribution in [0.25, 0.3) is 0 Å². The van der Waals surface area contributed by atoms with Gasteiger partial charge in [0, 0.05) is 31.2 Å². The Hall–Kier alpha value is -0.870. The number of aryl methyl sites for hydroxylation is 2. The van der Waals surface area contributed by atoms with Crippen LogP contribution in [0.4, 0.5) is 0 Å². The highest BCUT2D eigenvalue weighted by Gasteiger charge is 2.23. The van der Waals surface area contributed by atoms with E-state index >= 15 is 0 Å². The molecule has 1 aromatic heterocycles. The molecule has 1 unspecified atom stereocenters. The average molecular weight is 223 g/mol. The van der Waals surface area contributed by atoms with E-state index in [-0.39, 0.29) is 0 Å². The van der Waals surface area contributed by atoms with Gasteiger partial charge in [0.1, 0.15) is 5.76 Å². The molecule has 4 nitrogen and oxygen atoms in total. The first-order chi connectivity index (χ1) is 7.70. The Morgan fingerprint density at radius 2 is 2.31 bits per heavy atom. The van der Waals surface area contributed by atoms with Crippen molar-refractivity contribution in [2.45, 2.75) is 39.8 Å². The molecule has 16 heavy (non-hydrogen) atoms. The Labute approximate surface area is 97.0 Å². The van der Waals surface area contributed by atoms with Crippen molar-refractivity contribution in [2.24, 2.45) is 0 Å². The number of likely N-dealkylation sites (tertiary alicyclic amines) is 1. The molecule has 2 rings (SSSR count). The molecule has 1 aliphatic rings. The number of nitrogens with one attached hydrogen (secondary N) is 1. The minimum Gasteiger partial charge on any atom is -0.361 e. The predicted molar refractivity (Wildman–Crippen MR) is 63.3 cm³/mol. The molecule has 1 saturated heterocycles. The summed E-state index contributed by atoms with van der Waals surface area (Å²) in [7, 11) is 0. The maximum absolute atomic E-state index is 5.19. The number of likely N-dealkylation sites (N-methyl/N-ethyl adjacent to an activating group) is 1. The fraction of sp³-hybridized carbons (Fsp3) is 0.750. The van der Waals surface area contributed by atoms with Crippen LogP contribution in [0.1, 0.15) is 30.4 Å². The van der Waals surface area contributed by atoms with Crippen LogP contribution in [0.2, 0.25) is 0 Å². The van der Waals surface area contributed by atoms with Crippen molar-refractivity contribution in [2.75, 3.05) is 19.6 Å². The summed E-state index contributed by atoms with van der Waals surface area (Å²) in [4.78, 5) is 2.47. The van der Waals surface area contributed by atoms with E-state index in [1.807, 2.05) is 13.8 Å². The highest BCUT2D eigenvalue weighted by molar-refractivity contribution is 5.20. The van der Waals surface area contributed by atoms with Crippen LogP contribution in [0.3, 0.4) is 0 Å². The second-order valence-corrected chi connectivity index (χ2v) is 4.58. The van der Waals surface area contributed by atoms with Crippen molar-refractivity contribution in [1.29, 1.82) is 0 Å². The van der Waals surface area contributed by atoms with Crippen molar-refractivity contribution < 1.29 is 4.52 Å². The molecule has 1 aliphatic heterocycles. The van der Waals surface area contributed by atoms with Gasteiger partial charge >= 0.3 is 0 Å². The molecule has 0 saturated carbocycles. The van der Waals surface area contributed by atoms with Crippen LogP contribution < -0.4 is 5.32 Å². The van der Waals surface area contributed by atoms with Gasteiger partial charge in [-0.25, -0.2) is 0 Å². The van der Waals surface area contributed by atoms with Gasteiger partial charge in [0.15, 0.2) is 0 Å². The van der Waals surface area contributed by atoms with Gasteiger partial charge in [-0.1, -0.05) is 12.1 Å². The fourth-order valence-corrected chi connectivity index (χ4v) is 2.38. The lowest BCUT2D eigenvalue weighted by Crippen LogP contribution is -2.32. The molecular weight excluding hydrogens is 202 g/mol. The van der Waals surface area contributed by atoms with E-state index in [2.05, 4.69) is 22.3 Å². The van der Waals surface area contributed by atoms with Crippen LogP contribution in [-0.4, -0.2) is 35.7 Å². The molecule has 0 radical (unpaired) electrons. The van der Waals surface area contributed by atoms with Crippen LogP contribution in [0, 0.1) is 13.8 Å². The molecule has 0 bridgehead atoms. The summed E-state index contributed by atoms with van der Waals surface area (Å²) < 4.78 is 5.19. The Kier molecular flexibility index (Phi) is 3.61. The molecule has 1 fully saturated rings. The highest BCUT2D eigenvalue weighted by Crippen LogP contribution is 2.18. The lowest BCUT2D eigenvalue weighted by molar-refractivity contribution is 0.316. The maximum atomic E-state index is 5.19. The number of hydrogen-bond acceptors (Lipinski definition) is 4. The van der Waals surface area contributed by atoms with Crippen LogP contribution >= 0.6 is 0 Å². The summed E-state index contributed by atoms with van der Waals surface area (Å²) in [5.41, 5.74) is 2.29. The molecule has 0 aromatic carbocycles. The summed E-state index contributed by atoms with van der Waals surface area (Å²) in [6, 6.07) is 0.658. The third-order valence-corrected chi connectivity index (χ3v) is 3.33. The summed E-state index contributed by atoms with van der Waals surface area (Å²) >= 11 is 0. The normalized spacial score (nSPS) is 21.8. The minimum atomic E-state index is 0.658. The smallest absolute Gasteiger partial charge is 0.138 e. The molecule has 1 aromatic rings. The first kappa shape index (κ1) is 11.6. The Bertz CT molecular complexity index is 329. The first-order valence-corrected chi connectivity index (χ1v) is 6.08. The second kappa shape index (κ2) is 4.97. The molecule has 90 valence electrons. The van der Waals surface area contributed by atoms with Gasteiger partial charge in [-0.2, -0.15) is 0 Å². The zero-order valence-corrected chi connectivity index (χ0v) is 10.4. The topological polar surface area (TPSA) is 41.3 Å². The second-order valence-electron chi connectivity index (χ2n) is 4.58.